The van der Waals surface area contributed by atoms with E-state index < -0.39 is 0 Å². The van der Waals surface area contributed by atoms with Crippen molar-refractivity contribution in [1.82, 2.24) is 10.6 Å². The molecule has 0 aromatic rings. The van der Waals surface area contributed by atoms with Crippen molar-refractivity contribution >= 4 is 17.7 Å². The van der Waals surface area contributed by atoms with Crippen LogP contribution in [-0.4, -0.2) is 36.5 Å². The smallest absolute Gasteiger partial charge is 0.224 e. The Morgan fingerprint density at radius 3 is 3.00 bits per heavy atom. The van der Waals surface area contributed by atoms with Gasteiger partial charge >= 0.3 is 0 Å². The molecular formula is C11H20N2OS. The van der Waals surface area contributed by atoms with Gasteiger partial charge in [-0.1, -0.05) is 6.42 Å². The highest BCUT2D eigenvalue weighted by molar-refractivity contribution is 7.99. The van der Waals surface area contributed by atoms with Crippen LogP contribution >= 0.6 is 11.8 Å². The number of hydrogen-bond donors (Lipinski definition) is 2. The van der Waals surface area contributed by atoms with Gasteiger partial charge in [0.2, 0.25) is 5.91 Å². The third kappa shape index (κ3) is 3.38. The molecule has 1 amide bonds. The third-order valence-corrected chi connectivity index (χ3v) is 4.61. The summed E-state index contributed by atoms with van der Waals surface area (Å²) in [5, 5.41) is 6.98. The van der Waals surface area contributed by atoms with Crippen molar-refractivity contribution in [3.63, 3.8) is 0 Å². The lowest BCUT2D eigenvalue weighted by Gasteiger charge is -2.22. The first-order valence-electron chi connectivity index (χ1n) is 5.96. The van der Waals surface area contributed by atoms with E-state index in [-0.39, 0.29) is 11.8 Å². The Bertz CT molecular complexity index is 211. The van der Waals surface area contributed by atoms with Gasteiger partial charge in [0.05, 0.1) is 5.92 Å². The molecule has 0 bridgehead atoms. The summed E-state index contributed by atoms with van der Waals surface area (Å²) < 4.78 is 0. The summed E-state index contributed by atoms with van der Waals surface area (Å²) in [4.78, 5) is 11.7. The first kappa shape index (κ1) is 11.3. The standard InChI is InChI=1S/C11H20N2OS/c14-11(9-4-5-12-7-9)13-8-10-3-1-2-6-15-10/h9-10,12H,1-8H2,(H,13,14). The Hall–Kier alpha value is -0.220. The van der Waals surface area contributed by atoms with Crippen LogP contribution in [0.2, 0.25) is 0 Å². The molecule has 2 saturated heterocycles. The van der Waals surface area contributed by atoms with Crippen LogP contribution in [0.1, 0.15) is 25.7 Å². The van der Waals surface area contributed by atoms with Crippen molar-refractivity contribution in [2.75, 3.05) is 25.4 Å². The van der Waals surface area contributed by atoms with Crippen molar-refractivity contribution in [3.05, 3.63) is 0 Å². The molecule has 0 saturated carbocycles. The number of hydrogen-bond acceptors (Lipinski definition) is 3. The van der Waals surface area contributed by atoms with E-state index in [2.05, 4.69) is 10.6 Å². The lowest BCUT2D eigenvalue weighted by Crippen LogP contribution is -2.36. The molecule has 3 nitrogen and oxygen atoms in total. The molecule has 2 aliphatic heterocycles. The zero-order chi connectivity index (χ0) is 10.5. The summed E-state index contributed by atoms with van der Waals surface area (Å²) in [7, 11) is 0. The molecule has 4 heteroatoms. The number of amides is 1. The number of thioether (sulfide) groups is 1. The number of nitrogens with one attached hydrogen (secondary N) is 2. The van der Waals surface area contributed by atoms with Gasteiger partial charge in [0.1, 0.15) is 0 Å². The summed E-state index contributed by atoms with van der Waals surface area (Å²) in [6.07, 6.45) is 4.96. The summed E-state index contributed by atoms with van der Waals surface area (Å²) in [5.74, 6) is 1.75. The van der Waals surface area contributed by atoms with Crippen LogP contribution in [0.3, 0.4) is 0 Å². The summed E-state index contributed by atoms with van der Waals surface area (Å²) >= 11 is 2.02. The first-order valence-corrected chi connectivity index (χ1v) is 7.01. The van der Waals surface area contributed by atoms with E-state index in [0.29, 0.717) is 5.25 Å². The zero-order valence-electron chi connectivity index (χ0n) is 9.13. The predicted molar refractivity (Wildman–Crippen MR) is 64.1 cm³/mol. The molecule has 2 atom stereocenters. The second-order valence-corrected chi connectivity index (χ2v) is 5.83. The minimum absolute atomic E-state index is 0.221. The minimum Gasteiger partial charge on any atom is -0.355 e. The van der Waals surface area contributed by atoms with Gasteiger partial charge in [0.25, 0.3) is 0 Å². The highest BCUT2D eigenvalue weighted by Crippen LogP contribution is 2.24. The molecule has 2 fully saturated rings. The maximum Gasteiger partial charge on any atom is 0.224 e. The van der Waals surface area contributed by atoms with Gasteiger partial charge in [-0.15, -0.1) is 0 Å². The molecule has 15 heavy (non-hydrogen) atoms. The van der Waals surface area contributed by atoms with Crippen molar-refractivity contribution in [2.45, 2.75) is 30.9 Å². The number of carbonyl (C=O) groups excluding carboxylic acids is 1. The van der Waals surface area contributed by atoms with E-state index in [1.807, 2.05) is 11.8 Å². The molecule has 2 aliphatic rings. The Labute approximate surface area is 95.8 Å². The lowest BCUT2D eigenvalue weighted by molar-refractivity contribution is -0.124. The fraction of sp³-hybridized carbons (Fsp3) is 0.909. The van der Waals surface area contributed by atoms with Gasteiger partial charge in [-0.3, -0.25) is 4.79 Å². The van der Waals surface area contributed by atoms with Crippen LogP contribution in [-0.2, 0) is 4.79 Å². The van der Waals surface area contributed by atoms with Gasteiger partial charge in [0, 0.05) is 18.3 Å². The highest BCUT2D eigenvalue weighted by Gasteiger charge is 2.23. The van der Waals surface area contributed by atoms with Crippen LogP contribution < -0.4 is 10.6 Å². The third-order valence-electron chi connectivity index (χ3n) is 3.21. The molecule has 0 spiro atoms. The topological polar surface area (TPSA) is 41.1 Å². The molecule has 86 valence electrons. The normalized spacial score (nSPS) is 31.5. The van der Waals surface area contributed by atoms with Gasteiger partial charge in [-0.25, -0.2) is 0 Å². The van der Waals surface area contributed by atoms with Gasteiger partial charge in [-0.2, -0.15) is 11.8 Å². The van der Waals surface area contributed by atoms with Crippen LogP contribution in [0, 0.1) is 5.92 Å². The molecule has 2 heterocycles. The SMILES string of the molecule is O=C(NCC1CCCCS1)C1CCNC1. The quantitative estimate of drug-likeness (QED) is 0.757. The van der Waals surface area contributed by atoms with Gasteiger partial charge in [-0.05, 0) is 31.6 Å². The lowest BCUT2D eigenvalue weighted by atomic mass is 10.1. The largest absolute Gasteiger partial charge is 0.355 e. The van der Waals surface area contributed by atoms with Crippen LogP contribution in [0.5, 0.6) is 0 Å². The molecule has 0 aliphatic carbocycles. The molecule has 2 rings (SSSR count). The number of carbonyl (C=O) groups is 1. The Morgan fingerprint density at radius 2 is 2.33 bits per heavy atom. The second kappa shape index (κ2) is 5.75. The van der Waals surface area contributed by atoms with Crippen molar-refractivity contribution < 1.29 is 4.79 Å². The van der Waals surface area contributed by atoms with Gasteiger partial charge < -0.3 is 10.6 Å². The summed E-state index contributed by atoms with van der Waals surface area (Å²) in [5.41, 5.74) is 0. The van der Waals surface area contributed by atoms with E-state index in [9.17, 15) is 4.79 Å². The van der Waals surface area contributed by atoms with E-state index in [0.717, 1.165) is 26.1 Å². The van der Waals surface area contributed by atoms with E-state index in [1.165, 1.54) is 25.0 Å². The van der Waals surface area contributed by atoms with Crippen molar-refractivity contribution in [2.24, 2.45) is 5.92 Å². The first-order chi connectivity index (χ1) is 7.36. The monoisotopic (exact) mass is 228 g/mol. The molecule has 0 radical (unpaired) electrons. The van der Waals surface area contributed by atoms with E-state index in [4.69, 9.17) is 0 Å². The Kier molecular flexibility index (Phi) is 4.32. The summed E-state index contributed by atoms with van der Waals surface area (Å²) in [6.45, 7) is 2.74. The Balaban J connectivity index is 1.65. The van der Waals surface area contributed by atoms with Crippen molar-refractivity contribution in [3.8, 4) is 0 Å². The minimum atomic E-state index is 0.221. The fourth-order valence-corrected chi connectivity index (χ4v) is 3.44. The fourth-order valence-electron chi connectivity index (χ4n) is 2.21. The maximum absolute atomic E-state index is 11.7. The van der Waals surface area contributed by atoms with Crippen molar-refractivity contribution in [1.29, 1.82) is 0 Å². The molecule has 2 N–H and O–H groups in total. The predicted octanol–water partition coefficient (Wildman–Crippen LogP) is 0.998. The van der Waals surface area contributed by atoms with Crippen LogP contribution in [0.25, 0.3) is 0 Å². The maximum atomic E-state index is 11.7. The van der Waals surface area contributed by atoms with E-state index in [1.54, 1.807) is 0 Å². The van der Waals surface area contributed by atoms with Crippen LogP contribution in [0.4, 0.5) is 0 Å². The highest BCUT2D eigenvalue weighted by atomic mass is 32.2. The summed E-state index contributed by atoms with van der Waals surface area (Å²) in [6, 6.07) is 0. The second-order valence-electron chi connectivity index (χ2n) is 4.42. The van der Waals surface area contributed by atoms with Crippen LogP contribution in [0.15, 0.2) is 0 Å². The Morgan fingerprint density at radius 1 is 1.40 bits per heavy atom. The van der Waals surface area contributed by atoms with Gasteiger partial charge in [0.15, 0.2) is 0 Å². The zero-order valence-corrected chi connectivity index (χ0v) is 9.94. The number of rotatable bonds is 3. The van der Waals surface area contributed by atoms with E-state index >= 15 is 0 Å². The molecule has 2 unspecified atom stereocenters. The molecule has 0 aromatic heterocycles. The average Bonchev–Trinajstić information content (AvgIpc) is 2.81. The average molecular weight is 228 g/mol. The molecular weight excluding hydrogens is 208 g/mol. The molecule has 0 aromatic carbocycles.